The number of nitrogens with two attached hydrogens (primary N) is 2. The number of benzene rings is 1. The van der Waals surface area contributed by atoms with Gasteiger partial charge in [-0.1, -0.05) is 24.3 Å². The van der Waals surface area contributed by atoms with Crippen LogP contribution in [0.2, 0.25) is 0 Å². The van der Waals surface area contributed by atoms with Gasteiger partial charge < -0.3 is 16.2 Å². The molecule has 0 radical (unpaired) electrons. The maximum absolute atomic E-state index is 11.7. The predicted octanol–water partition coefficient (Wildman–Crippen LogP) is 0.231. The van der Waals surface area contributed by atoms with E-state index in [-0.39, 0.29) is 12.4 Å². The molecule has 1 atom stereocenters. The molecule has 1 aromatic rings. The fraction of sp³-hybridized carbons (Fsp3) is 0.417. The van der Waals surface area contributed by atoms with E-state index in [1.54, 1.807) is 0 Å². The fourth-order valence-corrected chi connectivity index (χ4v) is 1.52. The lowest BCUT2D eigenvalue weighted by molar-refractivity contribution is -0.120. The number of Topliss-reactive ketones (excluding diaryl/α,β-unsaturated/α-hetero) is 1. The molecule has 0 unspecified atom stereocenters. The first-order valence-corrected chi connectivity index (χ1v) is 5.23. The Kier molecular flexibility index (Phi) is 5.11. The third kappa shape index (κ3) is 3.41. The summed E-state index contributed by atoms with van der Waals surface area (Å²) in [5.41, 5.74) is 13.2. The van der Waals surface area contributed by atoms with Crippen molar-refractivity contribution in [1.82, 2.24) is 0 Å². The van der Waals surface area contributed by atoms with Crippen LogP contribution < -0.4 is 11.5 Å². The van der Waals surface area contributed by atoms with Crippen molar-refractivity contribution in [3.05, 3.63) is 35.4 Å². The molecule has 0 heterocycles. The van der Waals surface area contributed by atoms with Crippen molar-refractivity contribution in [1.29, 1.82) is 0 Å². The van der Waals surface area contributed by atoms with Crippen molar-refractivity contribution in [3.8, 4) is 0 Å². The Labute approximate surface area is 95.6 Å². The number of hydrogen-bond donors (Lipinski definition) is 2. The van der Waals surface area contributed by atoms with E-state index >= 15 is 0 Å². The zero-order chi connectivity index (χ0) is 12.0. The summed E-state index contributed by atoms with van der Waals surface area (Å²) in [5.74, 6) is -0.0252. The molecule has 0 saturated carbocycles. The van der Waals surface area contributed by atoms with Gasteiger partial charge in [0, 0.05) is 20.1 Å². The summed E-state index contributed by atoms with van der Waals surface area (Å²) in [6.45, 7) is 0.687. The highest BCUT2D eigenvalue weighted by molar-refractivity contribution is 5.86. The number of methoxy groups -OCH3 is 1. The van der Waals surface area contributed by atoms with Gasteiger partial charge in [0.1, 0.15) is 0 Å². The first-order chi connectivity index (χ1) is 7.69. The van der Waals surface area contributed by atoms with E-state index in [1.807, 2.05) is 24.3 Å². The molecule has 4 N–H and O–H groups in total. The molecule has 4 heteroatoms. The molecular weight excluding hydrogens is 204 g/mol. The molecule has 0 aliphatic carbocycles. The second kappa shape index (κ2) is 6.37. The van der Waals surface area contributed by atoms with Crippen molar-refractivity contribution in [3.63, 3.8) is 0 Å². The Morgan fingerprint density at radius 2 is 2.00 bits per heavy atom. The van der Waals surface area contributed by atoms with Gasteiger partial charge in [-0.2, -0.15) is 0 Å². The monoisotopic (exact) mass is 222 g/mol. The van der Waals surface area contributed by atoms with E-state index in [4.69, 9.17) is 16.2 Å². The Morgan fingerprint density at radius 1 is 1.38 bits per heavy atom. The quantitative estimate of drug-likeness (QED) is 0.722. The maximum Gasteiger partial charge on any atom is 0.156 e. The third-order valence-electron chi connectivity index (χ3n) is 2.46. The van der Waals surface area contributed by atoms with Crippen LogP contribution in [0.1, 0.15) is 11.1 Å². The van der Waals surface area contributed by atoms with E-state index in [0.717, 1.165) is 11.1 Å². The largest absolute Gasteiger partial charge is 0.383 e. The lowest BCUT2D eigenvalue weighted by Crippen LogP contribution is -2.36. The zero-order valence-corrected chi connectivity index (χ0v) is 9.48. The fourth-order valence-electron chi connectivity index (χ4n) is 1.52. The topological polar surface area (TPSA) is 78.3 Å². The van der Waals surface area contributed by atoms with Gasteiger partial charge in [0.15, 0.2) is 5.78 Å². The second-order valence-electron chi connectivity index (χ2n) is 3.68. The molecule has 0 spiro atoms. The standard InChI is InChI=1S/C12H18N2O2/c1-16-8-11(14)12(15)6-9-4-2-3-5-10(9)7-13/h2-5,11H,6-8,13-14H2,1H3/t11-/m0/s1. The summed E-state index contributed by atoms with van der Waals surface area (Å²) < 4.78 is 4.85. The molecule has 0 fully saturated rings. The van der Waals surface area contributed by atoms with Gasteiger partial charge in [-0.05, 0) is 11.1 Å². The van der Waals surface area contributed by atoms with Crippen LogP contribution in [0.3, 0.4) is 0 Å². The molecule has 16 heavy (non-hydrogen) atoms. The van der Waals surface area contributed by atoms with Gasteiger partial charge in [0.05, 0.1) is 12.6 Å². The molecule has 0 aliphatic heterocycles. The number of ketones is 1. The second-order valence-corrected chi connectivity index (χ2v) is 3.68. The van der Waals surface area contributed by atoms with Crippen LogP contribution in [0.5, 0.6) is 0 Å². The minimum absolute atomic E-state index is 0.0252. The summed E-state index contributed by atoms with van der Waals surface area (Å²) in [5, 5.41) is 0. The average molecular weight is 222 g/mol. The lowest BCUT2D eigenvalue weighted by atomic mass is 10.00. The van der Waals surface area contributed by atoms with Gasteiger partial charge in [0.25, 0.3) is 0 Å². The number of rotatable bonds is 6. The van der Waals surface area contributed by atoms with Crippen molar-refractivity contribution in [2.24, 2.45) is 11.5 Å². The molecule has 0 amide bonds. The number of ether oxygens (including phenoxy) is 1. The van der Waals surface area contributed by atoms with Gasteiger partial charge in [0.2, 0.25) is 0 Å². The van der Waals surface area contributed by atoms with E-state index in [1.165, 1.54) is 7.11 Å². The summed E-state index contributed by atoms with van der Waals surface area (Å²) in [6, 6.07) is 7.06. The van der Waals surface area contributed by atoms with Crippen LogP contribution in [0.25, 0.3) is 0 Å². The lowest BCUT2D eigenvalue weighted by Gasteiger charge is -2.11. The number of carbonyl (C=O) groups excluding carboxylic acids is 1. The van der Waals surface area contributed by atoms with E-state index in [0.29, 0.717) is 13.0 Å². The summed E-state index contributed by atoms with van der Waals surface area (Å²) in [4.78, 5) is 11.7. The minimum Gasteiger partial charge on any atom is -0.383 e. The SMILES string of the molecule is COC[C@H](N)C(=O)Cc1ccccc1CN. The molecule has 1 rings (SSSR count). The first kappa shape index (κ1) is 12.8. The molecule has 4 nitrogen and oxygen atoms in total. The van der Waals surface area contributed by atoms with Crippen molar-refractivity contribution >= 4 is 5.78 Å². The Balaban J connectivity index is 2.69. The van der Waals surface area contributed by atoms with Gasteiger partial charge >= 0.3 is 0 Å². The predicted molar refractivity (Wildman–Crippen MR) is 62.9 cm³/mol. The molecule has 0 aliphatic rings. The summed E-state index contributed by atoms with van der Waals surface area (Å²) in [7, 11) is 1.53. The minimum atomic E-state index is -0.559. The van der Waals surface area contributed by atoms with Crippen molar-refractivity contribution in [2.45, 2.75) is 19.0 Å². The van der Waals surface area contributed by atoms with Crippen molar-refractivity contribution in [2.75, 3.05) is 13.7 Å². The Hall–Kier alpha value is -1.23. The average Bonchev–Trinajstić information content (AvgIpc) is 2.30. The first-order valence-electron chi connectivity index (χ1n) is 5.23. The van der Waals surface area contributed by atoms with Crippen LogP contribution >= 0.6 is 0 Å². The van der Waals surface area contributed by atoms with Crippen LogP contribution in [-0.4, -0.2) is 25.5 Å². The Bertz CT molecular complexity index is 353. The summed E-state index contributed by atoms with van der Waals surface area (Å²) in [6.07, 6.45) is 0.317. The van der Waals surface area contributed by atoms with E-state index in [9.17, 15) is 4.79 Å². The molecule has 1 aromatic carbocycles. The highest BCUT2D eigenvalue weighted by atomic mass is 16.5. The van der Waals surface area contributed by atoms with Crippen LogP contribution in [-0.2, 0) is 22.5 Å². The van der Waals surface area contributed by atoms with Gasteiger partial charge in [-0.15, -0.1) is 0 Å². The molecular formula is C12H18N2O2. The van der Waals surface area contributed by atoms with Crippen LogP contribution in [0.4, 0.5) is 0 Å². The van der Waals surface area contributed by atoms with Gasteiger partial charge in [-0.25, -0.2) is 0 Å². The van der Waals surface area contributed by atoms with Crippen molar-refractivity contribution < 1.29 is 9.53 Å². The number of hydrogen-bond acceptors (Lipinski definition) is 4. The molecule has 88 valence electrons. The molecule has 0 bridgehead atoms. The highest BCUT2D eigenvalue weighted by Gasteiger charge is 2.14. The highest BCUT2D eigenvalue weighted by Crippen LogP contribution is 2.09. The van der Waals surface area contributed by atoms with Crippen LogP contribution in [0, 0.1) is 0 Å². The third-order valence-corrected chi connectivity index (χ3v) is 2.46. The molecule has 0 aromatic heterocycles. The van der Waals surface area contributed by atoms with Gasteiger partial charge in [-0.3, -0.25) is 4.79 Å². The Morgan fingerprint density at radius 3 is 2.56 bits per heavy atom. The normalized spacial score (nSPS) is 12.4. The van der Waals surface area contributed by atoms with Crippen LogP contribution in [0.15, 0.2) is 24.3 Å². The summed E-state index contributed by atoms with van der Waals surface area (Å²) >= 11 is 0. The maximum atomic E-state index is 11.7. The zero-order valence-electron chi connectivity index (χ0n) is 9.48. The smallest absolute Gasteiger partial charge is 0.156 e. The molecule has 0 saturated heterocycles. The van der Waals surface area contributed by atoms with E-state index in [2.05, 4.69) is 0 Å². The number of carbonyl (C=O) groups is 1. The van der Waals surface area contributed by atoms with E-state index < -0.39 is 6.04 Å².